The minimum absolute atomic E-state index is 0.305. The van der Waals surface area contributed by atoms with E-state index in [0.29, 0.717) is 13.0 Å². The van der Waals surface area contributed by atoms with Gasteiger partial charge >= 0.3 is 0 Å². The predicted octanol–water partition coefficient (Wildman–Crippen LogP) is 2.47. The maximum atomic E-state index is 10.6. The second-order valence-electron chi connectivity index (χ2n) is 5.01. The van der Waals surface area contributed by atoms with E-state index in [9.17, 15) is 13.0 Å². The van der Waals surface area contributed by atoms with Crippen molar-refractivity contribution in [3.05, 3.63) is 41.2 Å². The van der Waals surface area contributed by atoms with Gasteiger partial charge in [0.2, 0.25) is 0 Å². The molecule has 0 amide bonds. The van der Waals surface area contributed by atoms with Gasteiger partial charge in [-0.1, -0.05) is 17.7 Å². The molecule has 0 aromatic carbocycles. The third-order valence-corrected chi connectivity index (χ3v) is 4.13. The molecule has 2 rings (SSSR count). The Hall–Kier alpha value is -1.33. The molecular weight excluding hydrogens is 262 g/mol. The van der Waals surface area contributed by atoms with Crippen LogP contribution >= 0.6 is 0 Å². The lowest BCUT2D eigenvalue weighted by molar-refractivity contribution is 0.458. The lowest BCUT2D eigenvalue weighted by atomic mass is 10.1. The number of aryl methyl sites for hydroxylation is 1. The predicted molar refractivity (Wildman–Crippen MR) is 74.7 cm³/mol. The van der Waals surface area contributed by atoms with Crippen LogP contribution in [0.3, 0.4) is 0 Å². The highest BCUT2D eigenvalue weighted by Gasteiger charge is 2.13. The molecule has 0 N–H and O–H groups in total. The van der Waals surface area contributed by atoms with Crippen molar-refractivity contribution in [3.63, 3.8) is 0 Å². The number of rotatable bonds is 5. The van der Waals surface area contributed by atoms with Gasteiger partial charge in [0.05, 0.1) is 10.1 Å². The zero-order chi connectivity index (χ0) is 14.0. The van der Waals surface area contributed by atoms with Crippen molar-refractivity contribution in [2.75, 3.05) is 5.75 Å². The van der Waals surface area contributed by atoms with Crippen LogP contribution in [0.15, 0.2) is 29.9 Å². The maximum absolute atomic E-state index is 10.6. The average Bonchev–Trinajstić information content (AvgIpc) is 2.85. The van der Waals surface area contributed by atoms with Gasteiger partial charge in [-0.05, 0) is 44.4 Å². The molecule has 0 aliphatic heterocycles. The SMILES string of the molecule is CC1=CC=C(c2ccc(C)n2CCCS(=O)(=O)[O-])C1. The number of aromatic nitrogens is 1. The van der Waals surface area contributed by atoms with Gasteiger partial charge in [-0.2, -0.15) is 0 Å². The van der Waals surface area contributed by atoms with E-state index >= 15 is 0 Å². The molecule has 1 aliphatic carbocycles. The highest BCUT2D eigenvalue weighted by Crippen LogP contribution is 2.29. The summed E-state index contributed by atoms with van der Waals surface area (Å²) < 4.78 is 34.0. The minimum Gasteiger partial charge on any atom is -0.748 e. The Bertz CT molecular complexity index is 636. The molecule has 4 nitrogen and oxygen atoms in total. The molecule has 0 unspecified atom stereocenters. The summed E-state index contributed by atoms with van der Waals surface area (Å²) in [5, 5.41) is 0. The molecule has 1 aromatic heterocycles. The fourth-order valence-corrected chi connectivity index (χ4v) is 2.87. The molecule has 0 spiro atoms. The van der Waals surface area contributed by atoms with Crippen LogP contribution in [0.5, 0.6) is 0 Å². The summed E-state index contributed by atoms with van der Waals surface area (Å²) in [5.41, 5.74) is 4.77. The second kappa shape index (κ2) is 5.35. The van der Waals surface area contributed by atoms with E-state index in [0.717, 1.165) is 17.8 Å². The third-order valence-electron chi connectivity index (χ3n) is 3.34. The maximum Gasteiger partial charge on any atom is 0.0946 e. The average molecular weight is 280 g/mol. The van der Waals surface area contributed by atoms with Gasteiger partial charge in [0.1, 0.15) is 0 Å². The van der Waals surface area contributed by atoms with Crippen LogP contribution in [0, 0.1) is 6.92 Å². The molecule has 19 heavy (non-hydrogen) atoms. The number of hydrogen-bond donors (Lipinski definition) is 0. The summed E-state index contributed by atoms with van der Waals surface area (Å²) >= 11 is 0. The topological polar surface area (TPSA) is 62.1 Å². The molecule has 0 saturated heterocycles. The number of allylic oxidation sites excluding steroid dienone is 4. The highest BCUT2D eigenvalue weighted by molar-refractivity contribution is 7.85. The fraction of sp³-hybridized carbons (Fsp3) is 0.429. The smallest absolute Gasteiger partial charge is 0.0946 e. The van der Waals surface area contributed by atoms with Crippen LogP contribution in [0.25, 0.3) is 5.57 Å². The molecule has 0 saturated carbocycles. The monoisotopic (exact) mass is 280 g/mol. The molecule has 0 radical (unpaired) electrons. The Morgan fingerprint density at radius 3 is 2.58 bits per heavy atom. The van der Waals surface area contributed by atoms with Crippen molar-refractivity contribution in [3.8, 4) is 0 Å². The molecule has 1 heterocycles. The van der Waals surface area contributed by atoms with Crippen LogP contribution in [0.2, 0.25) is 0 Å². The van der Waals surface area contributed by atoms with E-state index in [-0.39, 0.29) is 5.75 Å². The van der Waals surface area contributed by atoms with Crippen molar-refractivity contribution in [2.45, 2.75) is 33.2 Å². The molecule has 1 aliphatic rings. The van der Waals surface area contributed by atoms with Crippen LogP contribution in [0.4, 0.5) is 0 Å². The van der Waals surface area contributed by atoms with E-state index in [1.807, 2.05) is 13.0 Å². The Morgan fingerprint density at radius 2 is 2.00 bits per heavy atom. The Balaban J connectivity index is 2.11. The summed E-state index contributed by atoms with van der Waals surface area (Å²) in [6.45, 7) is 4.64. The second-order valence-corrected chi connectivity index (χ2v) is 6.53. The van der Waals surface area contributed by atoms with Crippen LogP contribution < -0.4 is 0 Å². The summed E-state index contributed by atoms with van der Waals surface area (Å²) in [4.78, 5) is 0. The van der Waals surface area contributed by atoms with Gasteiger partial charge < -0.3 is 9.12 Å². The van der Waals surface area contributed by atoms with E-state index in [1.165, 1.54) is 11.1 Å². The first kappa shape index (κ1) is 14.1. The summed E-state index contributed by atoms with van der Waals surface area (Å²) in [7, 11) is -4.12. The van der Waals surface area contributed by atoms with Crippen LogP contribution in [0.1, 0.15) is 31.2 Å². The van der Waals surface area contributed by atoms with Crippen molar-refractivity contribution in [2.24, 2.45) is 0 Å². The lowest BCUT2D eigenvalue weighted by Gasteiger charge is -2.14. The van der Waals surface area contributed by atoms with Gasteiger partial charge in [-0.25, -0.2) is 8.42 Å². The van der Waals surface area contributed by atoms with Gasteiger partial charge in [0, 0.05) is 23.7 Å². The zero-order valence-corrected chi connectivity index (χ0v) is 12.0. The summed E-state index contributed by atoms with van der Waals surface area (Å²) in [6, 6.07) is 4.08. The summed E-state index contributed by atoms with van der Waals surface area (Å²) in [5.74, 6) is -0.305. The van der Waals surface area contributed by atoms with Gasteiger partial charge in [-0.15, -0.1) is 0 Å². The minimum atomic E-state index is -4.12. The highest BCUT2D eigenvalue weighted by atomic mass is 32.2. The molecule has 104 valence electrons. The third kappa shape index (κ3) is 3.58. The van der Waals surface area contributed by atoms with E-state index in [1.54, 1.807) is 0 Å². The van der Waals surface area contributed by atoms with E-state index in [2.05, 4.69) is 29.7 Å². The van der Waals surface area contributed by atoms with Crippen molar-refractivity contribution in [1.29, 1.82) is 0 Å². The van der Waals surface area contributed by atoms with Crippen LogP contribution in [-0.4, -0.2) is 23.3 Å². The molecule has 0 fully saturated rings. The Morgan fingerprint density at radius 1 is 1.26 bits per heavy atom. The Kier molecular flexibility index (Phi) is 3.96. The number of nitrogens with zero attached hydrogens (tertiary/aromatic N) is 1. The number of hydrogen-bond acceptors (Lipinski definition) is 3. The van der Waals surface area contributed by atoms with Crippen molar-refractivity contribution < 1.29 is 13.0 Å². The van der Waals surface area contributed by atoms with Crippen molar-refractivity contribution >= 4 is 15.7 Å². The van der Waals surface area contributed by atoms with E-state index < -0.39 is 10.1 Å². The molecular formula is C14H18NO3S-. The standard InChI is InChI=1S/C14H19NO3S/c1-11-4-6-13(10-11)14-7-5-12(2)15(14)8-3-9-19(16,17)18/h4-7H,3,8-10H2,1-2H3,(H,16,17,18)/p-1. The first-order valence-corrected chi connectivity index (χ1v) is 7.91. The first-order valence-electron chi connectivity index (χ1n) is 6.33. The molecule has 0 atom stereocenters. The van der Waals surface area contributed by atoms with Gasteiger partial charge in [0.15, 0.2) is 0 Å². The van der Waals surface area contributed by atoms with Gasteiger partial charge in [-0.3, -0.25) is 0 Å². The Labute approximate surface area is 114 Å². The van der Waals surface area contributed by atoms with Gasteiger partial charge in [0.25, 0.3) is 0 Å². The zero-order valence-electron chi connectivity index (χ0n) is 11.2. The normalized spacial score (nSPS) is 15.5. The molecule has 1 aromatic rings. The first-order chi connectivity index (χ1) is 8.87. The lowest BCUT2D eigenvalue weighted by Crippen LogP contribution is -2.10. The summed E-state index contributed by atoms with van der Waals surface area (Å²) in [6.07, 6.45) is 5.49. The fourth-order valence-electron chi connectivity index (χ4n) is 2.38. The van der Waals surface area contributed by atoms with E-state index in [4.69, 9.17) is 0 Å². The molecule has 5 heteroatoms. The largest absolute Gasteiger partial charge is 0.748 e. The van der Waals surface area contributed by atoms with Crippen LogP contribution in [-0.2, 0) is 16.7 Å². The molecule has 0 bridgehead atoms. The quantitative estimate of drug-likeness (QED) is 0.778. The van der Waals surface area contributed by atoms with Crippen molar-refractivity contribution in [1.82, 2.24) is 4.57 Å².